The Morgan fingerprint density at radius 2 is 1.71 bits per heavy atom. The number of ketones is 1. The average molecular weight is 422 g/mol. The van der Waals surface area contributed by atoms with Gasteiger partial charge in [0.2, 0.25) is 0 Å². The number of carbonyl (C=O) groups is 2. The number of carbonyl (C=O) groups excluding carboxylic acids is 2. The molecule has 1 fully saturated rings. The van der Waals surface area contributed by atoms with Gasteiger partial charge in [-0.3, -0.25) is 9.69 Å². The number of ether oxygens (including phenoxy) is 1. The second-order valence-corrected chi connectivity index (χ2v) is 8.41. The fourth-order valence-electron chi connectivity index (χ4n) is 4.35. The van der Waals surface area contributed by atoms with Crippen molar-refractivity contribution in [3.8, 4) is 0 Å². The molecular weight excluding hydrogens is 390 g/mol. The van der Waals surface area contributed by atoms with Crippen LogP contribution in [0.3, 0.4) is 0 Å². The number of Topliss-reactive ketones (excluding diaryl/α,β-unsaturated/α-hetero) is 1. The van der Waals surface area contributed by atoms with Crippen molar-refractivity contribution in [1.29, 1.82) is 0 Å². The van der Waals surface area contributed by atoms with Crippen LogP contribution in [0.2, 0.25) is 0 Å². The van der Waals surface area contributed by atoms with Gasteiger partial charge in [-0.05, 0) is 36.1 Å². The van der Waals surface area contributed by atoms with Crippen LogP contribution in [0, 0.1) is 0 Å². The van der Waals surface area contributed by atoms with E-state index in [9.17, 15) is 9.59 Å². The molecule has 2 aromatic rings. The van der Waals surface area contributed by atoms with Gasteiger partial charge < -0.3 is 14.5 Å². The van der Waals surface area contributed by atoms with Crippen LogP contribution in [0.15, 0.2) is 48.5 Å². The first-order valence-corrected chi connectivity index (χ1v) is 11.1. The lowest BCUT2D eigenvalue weighted by Crippen LogP contribution is -2.47. The first-order valence-electron chi connectivity index (χ1n) is 11.1. The Hall–Kier alpha value is -2.86. The molecule has 2 aliphatic heterocycles. The molecule has 0 radical (unpaired) electrons. The van der Waals surface area contributed by atoms with E-state index in [0.29, 0.717) is 26.1 Å². The van der Waals surface area contributed by atoms with E-state index < -0.39 is 0 Å². The summed E-state index contributed by atoms with van der Waals surface area (Å²) in [6, 6.07) is 16.3. The third kappa shape index (κ3) is 5.44. The van der Waals surface area contributed by atoms with E-state index in [1.54, 1.807) is 6.92 Å². The van der Waals surface area contributed by atoms with E-state index >= 15 is 0 Å². The fraction of sp³-hybridized carbons (Fsp3) is 0.440. The Balaban J connectivity index is 1.38. The smallest absolute Gasteiger partial charge is 0.410 e. The molecule has 0 N–H and O–H groups in total. The van der Waals surface area contributed by atoms with Crippen LogP contribution in [-0.4, -0.2) is 60.9 Å². The van der Waals surface area contributed by atoms with Crippen molar-refractivity contribution >= 4 is 17.6 Å². The number of piperazine rings is 1. The number of benzene rings is 2. The van der Waals surface area contributed by atoms with Gasteiger partial charge in [0.05, 0.1) is 6.54 Å². The van der Waals surface area contributed by atoms with Crippen molar-refractivity contribution < 1.29 is 14.3 Å². The van der Waals surface area contributed by atoms with Gasteiger partial charge in [0, 0.05) is 51.4 Å². The summed E-state index contributed by atoms with van der Waals surface area (Å²) in [4.78, 5) is 30.6. The van der Waals surface area contributed by atoms with Crippen molar-refractivity contribution in [2.75, 3.05) is 44.2 Å². The normalized spacial score (nSPS) is 16.7. The molecular formula is C25H31N3O3. The largest absolute Gasteiger partial charge is 0.445 e. The lowest BCUT2D eigenvalue weighted by Gasteiger charge is -2.39. The average Bonchev–Trinajstić information content (AvgIpc) is 2.81. The quantitative estimate of drug-likeness (QED) is 0.715. The van der Waals surface area contributed by atoms with Gasteiger partial charge in [0.15, 0.2) is 0 Å². The summed E-state index contributed by atoms with van der Waals surface area (Å²) in [6.45, 7) is 7.86. The number of anilines is 1. The highest BCUT2D eigenvalue weighted by molar-refractivity contribution is 5.75. The summed E-state index contributed by atoms with van der Waals surface area (Å²) in [5.74, 6) is 0.249. The number of fused-ring (bicyclic) bond motifs is 1. The SMILES string of the molecule is CC(=O)CCN1CCN(c2cccc3c2CN(C(=O)OCc2ccccc2)CC3)CC1. The number of hydrogen-bond acceptors (Lipinski definition) is 5. The molecule has 0 spiro atoms. The Labute approximate surface area is 184 Å². The van der Waals surface area contributed by atoms with E-state index in [1.165, 1.54) is 16.8 Å². The predicted molar refractivity (Wildman–Crippen MR) is 121 cm³/mol. The highest BCUT2D eigenvalue weighted by Gasteiger charge is 2.26. The molecule has 0 aromatic heterocycles. The molecule has 164 valence electrons. The van der Waals surface area contributed by atoms with E-state index in [2.05, 4.69) is 28.0 Å². The first-order chi connectivity index (χ1) is 15.1. The van der Waals surface area contributed by atoms with Crippen LogP contribution < -0.4 is 4.90 Å². The standard InChI is InChI=1S/C25H31N3O3/c1-20(29)10-12-26-14-16-27(17-15-26)24-9-5-8-22-11-13-28(18-23(22)24)25(30)31-19-21-6-3-2-4-7-21/h2-9H,10-19H2,1H3. The Bertz CT molecular complexity index is 907. The fourth-order valence-corrected chi connectivity index (χ4v) is 4.35. The summed E-state index contributed by atoms with van der Waals surface area (Å²) in [7, 11) is 0. The van der Waals surface area contributed by atoms with E-state index in [0.717, 1.165) is 44.7 Å². The van der Waals surface area contributed by atoms with Gasteiger partial charge in [-0.15, -0.1) is 0 Å². The van der Waals surface area contributed by atoms with Crippen LogP contribution in [0.5, 0.6) is 0 Å². The van der Waals surface area contributed by atoms with Gasteiger partial charge in [0.1, 0.15) is 12.4 Å². The van der Waals surface area contributed by atoms with Crippen molar-refractivity contribution in [1.82, 2.24) is 9.80 Å². The van der Waals surface area contributed by atoms with Gasteiger partial charge in [0.25, 0.3) is 0 Å². The zero-order valence-electron chi connectivity index (χ0n) is 18.3. The second kappa shape index (κ2) is 9.96. The summed E-state index contributed by atoms with van der Waals surface area (Å²) < 4.78 is 5.57. The van der Waals surface area contributed by atoms with Gasteiger partial charge in [-0.1, -0.05) is 42.5 Å². The molecule has 1 amide bonds. The zero-order chi connectivity index (χ0) is 21.6. The Morgan fingerprint density at radius 3 is 2.45 bits per heavy atom. The molecule has 4 rings (SSSR count). The minimum Gasteiger partial charge on any atom is -0.445 e. The minimum absolute atomic E-state index is 0.249. The monoisotopic (exact) mass is 421 g/mol. The molecule has 0 atom stereocenters. The van der Waals surface area contributed by atoms with Crippen molar-refractivity contribution in [3.63, 3.8) is 0 Å². The maximum absolute atomic E-state index is 12.7. The number of nitrogens with zero attached hydrogens (tertiary/aromatic N) is 3. The van der Waals surface area contributed by atoms with Crippen molar-refractivity contribution in [2.24, 2.45) is 0 Å². The predicted octanol–water partition coefficient (Wildman–Crippen LogP) is 3.48. The first kappa shape index (κ1) is 21.4. The number of rotatable bonds is 6. The molecule has 0 bridgehead atoms. The molecule has 0 aliphatic carbocycles. The maximum Gasteiger partial charge on any atom is 0.410 e. The van der Waals surface area contributed by atoms with Crippen molar-refractivity contribution in [3.05, 3.63) is 65.2 Å². The van der Waals surface area contributed by atoms with E-state index in [-0.39, 0.29) is 11.9 Å². The molecule has 2 aliphatic rings. The Morgan fingerprint density at radius 1 is 0.935 bits per heavy atom. The number of amides is 1. The Kier molecular flexibility index (Phi) is 6.87. The molecule has 6 nitrogen and oxygen atoms in total. The maximum atomic E-state index is 12.7. The van der Waals surface area contributed by atoms with Crippen LogP contribution >= 0.6 is 0 Å². The lowest BCUT2D eigenvalue weighted by molar-refractivity contribution is -0.117. The van der Waals surface area contributed by atoms with E-state index in [4.69, 9.17) is 4.74 Å². The second-order valence-electron chi connectivity index (χ2n) is 8.41. The third-order valence-electron chi connectivity index (χ3n) is 6.20. The molecule has 2 aromatic carbocycles. The van der Waals surface area contributed by atoms with Gasteiger partial charge >= 0.3 is 6.09 Å². The summed E-state index contributed by atoms with van der Waals surface area (Å²) in [6.07, 6.45) is 1.22. The summed E-state index contributed by atoms with van der Waals surface area (Å²) in [5, 5.41) is 0. The van der Waals surface area contributed by atoms with Crippen LogP contribution in [0.4, 0.5) is 10.5 Å². The van der Waals surface area contributed by atoms with Gasteiger partial charge in [-0.25, -0.2) is 4.79 Å². The molecule has 6 heteroatoms. The zero-order valence-corrected chi connectivity index (χ0v) is 18.3. The van der Waals surface area contributed by atoms with Crippen LogP contribution in [-0.2, 0) is 29.1 Å². The molecule has 1 saturated heterocycles. The van der Waals surface area contributed by atoms with Crippen molar-refractivity contribution in [2.45, 2.75) is 32.9 Å². The highest BCUT2D eigenvalue weighted by Crippen LogP contribution is 2.30. The molecule has 0 saturated carbocycles. The van der Waals surface area contributed by atoms with Crippen LogP contribution in [0.25, 0.3) is 0 Å². The van der Waals surface area contributed by atoms with Gasteiger partial charge in [-0.2, -0.15) is 0 Å². The molecule has 31 heavy (non-hydrogen) atoms. The summed E-state index contributed by atoms with van der Waals surface area (Å²) in [5.41, 5.74) is 4.78. The van der Waals surface area contributed by atoms with Crippen LogP contribution in [0.1, 0.15) is 30.0 Å². The number of hydrogen-bond donors (Lipinski definition) is 0. The lowest BCUT2D eigenvalue weighted by atomic mass is 9.97. The topological polar surface area (TPSA) is 53.1 Å². The summed E-state index contributed by atoms with van der Waals surface area (Å²) >= 11 is 0. The minimum atomic E-state index is -0.252. The molecule has 2 heterocycles. The third-order valence-corrected chi connectivity index (χ3v) is 6.20. The molecule has 0 unspecified atom stereocenters. The highest BCUT2D eigenvalue weighted by atomic mass is 16.6. The van der Waals surface area contributed by atoms with E-state index in [1.807, 2.05) is 35.2 Å².